The minimum Gasteiger partial charge on any atom is -0.478 e. The zero-order valence-corrected chi connectivity index (χ0v) is 15.0. The van der Waals surface area contributed by atoms with Gasteiger partial charge in [-0.05, 0) is 30.4 Å². The Morgan fingerprint density at radius 1 is 1.03 bits per heavy atom. The summed E-state index contributed by atoms with van der Waals surface area (Å²) in [7, 11) is 2.12. The van der Waals surface area contributed by atoms with Crippen LogP contribution in [0, 0.1) is 0 Å². The summed E-state index contributed by atoms with van der Waals surface area (Å²) in [5, 5.41) is 9.47. The van der Waals surface area contributed by atoms with E-state index in [1.807, 2.05) is 0 Å². The molecular weight excluding hydrogens is 399 g/mol. The Hall–Kier alpha value is -3.76. The molecule has 0 bridgehead atoms. The van der Waals surface area contributed by atoms with E-state index >= 15 is 0 Å². The number of methoxy groups -OCH3 is 2. The second-order valence-electron chi connectivity index (χ2n) is 5.35. The highest BCUT2D eigenvalue weighted by Gasteiger charge is 2.33. The standard InChI is InChI=1S/C18H14F3NO7/c1-27-16(25)11-5-3-4-8-22(14(11)17(26)28-2)13-7-6-10(29-18(19,20)21)9-12(13)15(23)24/h3-9H,1-2H3,(H,23,24). The molecule has 1 aromatic rings. The average Bonchev–Trinajstić information content (AvgIpc) is 2.88. The molecule has 29 heavy (non-hydrogen) atoms. The second-order valence-corrected chi connectivity index (χ2v) is 5.35. The highest BCUT2D eigenvalue weighted by Crippen LogP contribution is 2.33. The normalized spacial score (nSPS) is 13.8. The number of hydrogen-bond acceptors (Lipinski definition) is 7. The Kier molecular flexibility index (Phi) is 6.32. The maximum absolute atomic E-state index is 12.5. The molecule has 0 spiro atoms. The molecule has 0 aromatic heterocycles. The summed E-state index contributed by atoms with van der Waals surface area (Å²) in [4.78, 5) is 37.1. The number of rotatable bonds is 5. The summed E-state index contributed by atoms with van der Waals surface area (Å²) < 4.78 is 50.4. The van der Waals surface area contributed by atoms with E-state index in [1.165, 1.54) is 24.4 Å². The molecule has 0 saturated carbocycles. The van der Waals surface area contributed by atoms with Crippen LogP contribution < -0.4 is 9.64 Å². The Morgan fingerprint density at radius 3 is 2.24 bits per heavy atom. The van der Waals surface area contributed by atoms with E-state index in [1.54, 1.807) is 0 Å². The Balaban J connectivity index is 2.70. The van der Waals surface area contributed by atoms with Crippen LogP contribution in [-0.2, 0) is 19.1 Å². The molecule has 0 aliphatic carbocycles. The summed E-state index contributed by atoms with van der Waals surface area (Å²) in [6, 6.07) is 2.51. The first kappa shape index (κ1) is 21.5. The van der Waals surface area contributed by atoms with E-state index in [0.717, 1.165) is 31.3 Å². The Bertz CT molecular complexity index is 932. The zero-order chi connectivity index (χ0) is 21.8. The molecule has 0 atom stereocenters. The first-order valence-electron chi connectivity index (χ1n) is 7.77. The van der Waals surface area contributed by atoms with E-state index < -0.39 is 41.3 Å². The number of anilines is 1. The molecule has 1 heterocycles. The Labute approximate surface area is 162 Å². The van der Waals surface area contributed by atoms with Crippen LogP contribution in [0.1, 0.15) is 10.4 Å². The molecule has 11 heteroatoms. The number of halogens is 3. The van der Waals surface area contributed by atoms with E-state index in [2.05, 4.69) is 14.2 Å². The average molecular weight is 413 g/mol. The van der Waals surface area contributed by atoms with Crippen molar-refractivity contribution < 1.29 is 46.9 Å². The first-order valence-corrected chi connectivity index (χ1v) is 7.77. The minimum atomic E-state index is -5.03. The number of carbonyl (C=O) groups is 3. The molecule has 0 unspecified atom stereocenters. The van der Waals surface area contributed by atoms with Crippen LogP contribution in [-0.4, -0.2) is 43.6 Å². The van der Waals surface area contributed by atoms with Crippen molar-refractivity contribution >= 4 is 23.6 Å². The highest BCUT2D eigenvalue weighted by atomic mass is 19.4. The number of carboxylic acids is 1. The maximum Gasteiger partial charge on any atom is 0.573 e. The fourth-order valence-electron chi connectivity index (χ4n) is 2.44. The van der Waals surface area contributed by atoms with Crippen molar-refractivity contribution in [3.8, 4) is 5.75 Å². The fourth-order valence-corrected chi connectivity index (χ4v) is 2.44. The van der Waals surface area contributed by atoms with E-state index in [0.29, 0.717) is 6.07 Å². The van der Waals surface area contributed by atoms with Gasteiger partial charge >= 0.3 is 24.3 Å². The molecule has 0 amide bonds. The van der Waals surface area contributed by atoms with Crippen molar-refractivity contribution in [2.24, 2.45) is 0 Å². The second kappa shape index (κ2) is 8.50. The monoisotopic (exact) mass is 413 g/mol. The number of aromatic carboxylic acids is 1. The van der Waals surface area contributed by atoms with Gasteiger partial charge in [-0.1, -0.05) is 6.08 Å². The van der Waals surface area contributed by atoms with Crippen molar-refractivity contribution in [1.82, 2.24) is 0 Å². The third kappa shape index (κ3) is 4.94. The van der Waals surface area contributed by atoms with Crippen molar-refractivity contribution in [1.29, 1.82) is 0 Å². The predicted molar refractivity (Wildman–Crippen MR) is 91.9 cm³/mol. The van der Waals surface area contributed by atoms with Crippen LogP contribution in [0.5, 0.6) is 5.75 Å². The molecule has 0 fully saturated rings. The number of benzene rings is 1. The summed E-state index contributed by atoms with van der Waals surface area (Å²) >= 11 is 0. The van der Waals surface area contributed by atoms with Gasteiger partial charge in [-0.25, -0.2) is 14.4 Å². The number of nitrogens with zero attached hydrogens (tertiary/aromatic N) is 1. The van der Waals surface area contributed by atoms with Crippen molar-refractivity contribution in [3.63, 3.8) is 0 Å². The van der Waals surface area contributed by atoms with Crippen LogP contribution in [0.15, 0.2) is 53.9 Å². The highest BCUT2D eigenvalue weighted by molar-refractivity contribution is 6.07. The van der Waals surface area contributed by atoms with Crippen LogP contribution in [0.2, 0.25) is 0 Å². The lowest BCUT2D eigenvalue weighted by molar-refractivity contribution is -0.274. The van der Waals surface area contributed by atoms with Crippen molar-refractivity contribution in [2.45, 2.75) is 6.36 Å². The molecule has 0 radical (unpaired) electrons. The van der Waals surface area contributed by atoms with Crippen LogP contribution in [0.3, 0.4) is 0 Å². The summed E-state index contributed by atoms with van der Waals surface area (Å²) in [6.45, 7) is 0. The summed E-state index contributed by atoms with van der Waals surface area (Å²) in [6.07, 6.45) is 0.223. The van der Waals surface area contributed by atoms with Crippen molar-refractivity contribution in [2.75, 3.05) is 19.1 Å². The van der Waals surface area contributed by atoms with Crippen LogP contribution in [0.4, 0.5) is 18.9 Å². The molecule has 8 nitrogen and oxygen atoms in total. The van der Waals surface area contributed by atoms with Gasteiger partial charge in [0, 0.05) is 6.20 Å². The van der Waals surface area contributed by atoms with Crippen molar-refractivity contribution in [3.05, 3.63) is 59.5 Å². The number of hydrogen-bond donors (Lipinski definition) is 1. The Morgan fingerprint density at radius 2 is 1.69 bits per heavy atom. The molecule has 1 aromatic carbocycles. The lowest BCUT2D eigenvalue weighted by Crippen LogP contribution is -2.28. The molecule has 0 saturated heterocycles. The number of alkyl halides is 3. The SMILES string of the molecule is COC(=O)C1=C(C(=O)OC)N(c2ccc(OC(F)(F)F)cc2C(=O)O)C=CC=C1. The van der Waals surface area contributed by atoms with Gasteiger partial charge in [0.25, 0.3) is 0 Å². The van der Waals surface area contributed by atoms with Crippen LogP contribution >= 0.6 is 0 Å². The fraction of sp³-hybridized carbons (Fsp3) is 0.167. The van der Waals surface area contributed by atoms with E-state index in [-0.39, 0.29) is 11.3 Å². The van der Waals surface area contributed by atoms with Gasteiger partial charge in [0.05, 0.1) is 31.0 Å². The van der Waals surface area contributed by atoms with E-state index in [4.69, 9.17) is 0 Å². The summed E-state index contributed by atoms with van der Waals surface area (Å²) in [5.41, 5.74) is -1.48. The number of esters is 2. The van der Waals surface area contributed by atoms with Crippen LogP contribution in [0.25, 0.3) is 0 Å². The lowest BCUT2D eigenvalue weighted by Gasteiger charge is -2.24. The van der Waals surface area contributed by atoms with Gasteiger partial charge in [-0.2, -0.15) is 0 Å². The first-order chi connectivity index (χ1) is 13.6. The van der Waals surface area contributed by atoms with Gasteiger partial charge < -0.3 is 24.2 Å². The summed E-state index contributed by atoms with van der Waals surface area (Å²) in [5.74, 6) is -4.28. The lowest BCUT2D eigenvalue weighted by atomic mass is 10.1. The number of ether oxygens (including phenoxy) is 3. The van der Waals surface area contributed by atoms with Gasteiger partial charge in [0.2, 0.25) is 0 Å². The minimum absolute atomic E-state index is 0.214. The number of carboxylic acid groups (broad SMARTS) is 1. The van der Waals surface area contributed by atoms with Gasteiger partial charge in [0.15, 0.2) is 0 Å². The predicted octanol–water partition coefficient (Wildman–Crippen LogP) is 2.77. The largest absolute Gasteiger partial charge is 0.573 e. The number of carbonyl (C=O) groups excluding carboxylic acids is 2. The third-order valence-electron chi connectivity index (χ3n) is 3.58. The molecule has 1 aliphatic rings. The number of allylic oxidation sites excluding steroid dienone is 2. The van der Waals surface area contributed by atoms with Gasteiger partial charge in [0.1, 0.15) is 11.4 Å². The quantitative estimate of drug-likeness (QED) is 0.736. The van der Waals surface area contributed by atoms with Gasteiger partial charge in [-0.15, -0.1) is 13.2 Å². The smallest absolute Gasteiger partial charge is 0.478 e. The topological polar surface area (TPSA) is 102 Å². The molecule has 154 valence electrons. The molecular formula is C18H14F3NO7. The molecule has 1 N–H and O–H groups in total. The molecule has 2 rings (SSSR count). The molecule has 1 aliphatic heterocycles. The maximum atomic E-state index is 12.5. The zero-order valence-electron chi connectivity index (χ0n) is 15.0. The van der Waals surface area contributed by atoms with Gasteiger partial charge in [-0.3, -0.25) is 0 Å². The third-order valence-corrected chi connectivity index (χ3v) is 3.58. The van der Waals surface area contributed by atoms with E-state index in [9.17, 15) is 32.7 Å².